The summed E-state index contributed by atoms with van der Waals surface area (Å²) in [6, 6.07) is 11.6. The average molecular weight is 414 g/mol. The molecule has 152 valence electrons. The number of benzene rings is 1. The van der Waals surface area contributed by atoms with Crippen LogP contribution in [-0.4, -0.2) is 64.6 Å². The van der Waals surface area contributed by atoms with Gasteiger partial charge in [-0.05, 0) is 24.3 Å². The minimum atomic E-state index is 0.109. The predicted octanol–water partition coefficient (Wildman–Crippen LogP) is 2.52. The number of para-hydroxylation sites is 2. The van der Waals surface area contributed by atoms with Crippen molar-refractivity contribution < 1.29 is 13.9 Å². The highest BCUT2D eigenvalue weighted by Gasteiger charge is 2.23. The molecule has 3 heterocycles. The molecule has 3 aromatic rings. The van der Waals surface area contributed by atoms with Crippen LogP contribution in [0.4, 0.5) is 5.69 Å². The van der Waals surface area contributed by atoms with Crippen LogP contribution in [-0.2, 0) is 11.8 Å². The Bertz CT molecular complexity index is 964. The van der Waals surface area contributed by atoms with Gasteiger partial charge in [-0.2, -0.15) is 0 Å². The Hall–Kier alpha value is -2.94. The third-order valence-corrected chi connectivity index (χ3v) is 5.96. The van der Waals surface area contributed by atoms with E-state index in [1.54, 1.807) is 13.4 Å². The number of aromatic nitrogens is 3. The number of rotatable bonds is 6. The number of hydrogen-bond acceptors (Lipinski definition) is 7. The number of ether oxygens (including phenoxy) is 1. The lowest BCUT2D eigenvalue weighted by Gasteiger charge is -2.36. The van der Waals surface area contributed by atoms with Crippen molar-refractivity contribution in [1.82, 2.24) is 19.7 Å². The number of carbonyl (C=O) groups is 1. The maximum absolute atomic E-state index is 12.7. The molecular weight excluding hydrogens is 390 g/mol. The highest BCUT2D eigenvalue weighted by Crippen LogP contribution is 2.28. The molecular formula is C20H23N5O3S. The molecule has 0 N–H and O–H groups in total. The normalized spacial score (nSPS) is 14.3. The van der Waals surface area contributed by atoms with Gasteiger partial charge < -0.3 is 23.5 Å². The maximum atomic E-state index is 12.7. The first-order chi connectivity index (χ1) is 14.2. The van der Waals surface area contributed by atoms with Gasteiger partial charge in [0.1, 0.15) is 5.75 Å². The van der Waals surface area contributed by atoms with E-state index in [-0.39, 0.29) is 5.91 Å². The summed E-state index contributed by atoms with van der Waals surface area (Å²) in [5.41, 5.74) is 1.07. The number of piperazine rings is 1. The summed E-state index contributed by atoms with van der Waals surface area (Å²) in [5.74, 6) is 2.61. The fraction of sp³-hybridized carbons (Fsp3) is 0.350. The van der Waals surface area contributed by atoms with E-state index in [0.717, 1.165) is 24.5 Å². The van der Waals surface area contributed by atoms with Gasteiger partial charge in [0.05, 0.1) is 24.8 Å². The summed E-state index contributed by atoms with van der Waals surface area (Å²) >= 11 is 1.39. The summed E-state index contributed by atoms with van der Waals surface area (Å²) in [5, 5.41) is 9.04. The molecule has 0 unspecified atom stereocenters. The summed E-state index contributed by atoms with van der Waals surface area (Å²) < 4.78 is 12.7. The summed E-state index contributed by atoms with van der Waals surface area (Å²) in [6.45, 7) is 2.94. The zero-order chi connectivity index (χ0) is 20.2. The number of carbonyl (C=O) groups excluding carboxylic acids is 1. The maximum Gasteiger partial charge on any atom is 0.233 e. The van der Waals surface area contributed by atoms with Crippen LogP contribution < -0.4 is 9.64 Å². The lowest BCUT2D eigenvalue weighted by molar-refractivity contribution is -0.128. The first-order valence-corrected chi connectivity index (χ1v) is 10.4. The van der Waals surface area contributed by atoms with Gasteiger partial charge in [-0.15, -0.1) is 10.2 Å². The van der Waals surface area contributed by atoms with E-state index in [1.165, 1.54) is 11.8 Å². The molecule has 1 amide bonds. The van der Waals surface area contributed by atoms with Crippen molar-refractivity contribution in [1.29, 1.82) is 0 Å². The summed E-state index contributed by atoms with van der Waals surface area (Å²) in [7, 11) is 3.55. The molecule has 1 saturated heterocycles. The molecule has 0 atom stereocenters. The van der Waals surface area contributed by atoms with Crippen LogP contribution in [0.2, 0.25) is 0 Å². The molecule has 29 heavy (non-hydrogen) atoms. The molecule has 0 saturated carbocycles. The van der Waals surface area contributed by atoms with Crippen LogP contribution in [0.3, 0.4) is 0 Å². The van der Waals surface area contributed by atoms with E-state index in [9.17, 15) is 4.79 Å². The predicted molar refractivity (Wildman–Crippen MR) is 111 cm³/mol. The average Bonchev–Trinajstić information content (AvgIpc) is 3.42. The zero-order valence-corrected chi connectivity index (χ0v) is 17.3. The van der Waals surface area contributed by atoms with Crippen LogP contribution in [0.1, 0.15) is 0 Å². The molecule has 0 bridgehead atoms. The monoisotopic (exact) mass is 413 g/mol. The van der Waals surface area contributed by atoms with Crippen molar-refractivity contribution in [3.63, 3.8) is 0 Å². The second-order valence-electron chi connectivity index (χ2n) is 6.67. The quantitative estimate of drug-likeness (QED) is 0.575. The second-order valence-corrected chi connectivity index (χ2v) is 7.61. The van der Waals surface area contributed by atoms with E-state index < -0.39 is 0 Å². The molecule has 0 spiro atoms. The minimum Gasteiger partial charge on any atom is -0.495 e. The molecule has 1 fully saturated rings. The molecule has 1 aromatic carbocycles. The van der Waals surface area contributed by atoms with Gasteiger partial charge in [0.15, 0.2) is 16.7 Å². The van der Waals surface area contributed by atoms with Crippen LogP contribution in [0.25, 0.3) is 11.6 Å². The Balaban J connectivity index is 1.32. The molecule has 0 radical (unpaired) electrons. The first-order valence-electron chi connectivity index (χ1n) is 9.39. The number of amides is 1. The SMILES string of the molecule is COc1ccccc1N1CCN(C(=O)CSc2nnc(-c3ccco3)n2C)CC1. The minimum absolute atomic E-state index is 0.109. The topological polar surface area (TPSA) is 76.6 Å². The number of anilines is 1. The van der Waals surface area contributed by atoms with Crippen LogP contribution in [0.15, 0.2) is 52.2 Å². The lowest BCUT2D eigenvalue weighted by Crippen LogP contribution is -2.49. The molecule has 9 heteroatoms. The van der Waals surface area contributed by atoms with Crippen LogP contribution >= 0.6 is 11.8 Å². The number of hydrogen-bond donors (Lipinski definition) is 0. The van der Waals surface area contributed by atoms with Crippen molar-refractivity contribution in [3.8, 4) is 17.3 Å². The van der Waals surface area contributed by atoms with Crippen molar-refractivity contribution in [2.75, 3.05) is 43.9 Å². The Morgan fingerprint density at radius 1 is 1.14 bits per heavy atom. The van der Waals surface area contributed by atoms with Gasteiger partial charge in [-0.25, -0.2) is 0 Å². The third kappa shape index (κ3) is 4.09. The molecule has 2 aromatic heterocycles. The number of methoxy groups -OCH3 is 1. The Kier molecular flexibility index (Phi) is 5.75. The van der Waals surface area contributed by atoms with Gasteiger partial charge in [0.25, 0.3) is 0 Å². The fourth-order valence-electron chi connectivity index (χ4n) is 3.37. The first kappa shape index (κ1) is 19.4. The number of furan rings is 1. The lowest BCUT2D eigenvalue weighted by atomic mass is 10.2. The number of thioether (sulfide) groups is 1. The van der Waals surface area contributed by atoms with Crippen molar-refractivity contribution >= 4 is 23.4 Å². The van der Waals surface area contributed by atoms with Crippen LogP contribution in [0.5, 0.6) is 5.75 Å². The highest BCUT2D eigenvalue weighted by atomic mass is 32.2. The van der Waals surface area contributed by atoms with Gasteiger partial charge >= 0.3 is 0 Å². The van der Waals surface area contributed by atoms with E-state index in [4.69, 9.17) is 9.15 Å². The van der Waals surface area contributed by atoms with E-state index >= 15 is 0 Å². The fourth-order valence-corrected chi connectivity index (χ4v) is 4.18. The van der Waals surface area contributed by atoms with E-state index in [2.05, 4.69) is 21.2 Å². The Morgan fingerprint density at radius 2 is 1.93 bits per heavy atom. The molecule has 8 nitrogen and oxygen atoms in total. The molecule has 4 rings (SSSR count). The van der Waals surface area contributed by atoms with Crippen molar-refractivity contribution in [2.45, 2.75) is 5.16 Å². The Morgan fingerprint density at radius 3 is 2.66 bits per heavy atom. The second kappa shape index (κ2) is 8.60. The summed E-state index contributed by atoms with van der Waals surface area (Å²) in [4.78, 5) is 16.8. The van der Waals surface area contributed by atoms with Crippen molar-refractivity contribution in [3.05, 3.63) is 42.7 Å². The summed E-state index contributed by atoms with van der Waals surface area (Å²) in [6.07, 6.45) is 1.60. The van der Waals surface area contributed by atoms with E-state index in [1.807, 2.05) is 46.8 Å². The van der Waals surface area contributed by atoms with E-state index in [0.29, 0.717) is 35.6 Å². The molecule has 1 aliphatic heterocycles. The highest BCUT2D eigenvalue weighted by molar-refractivity contribution is 7.99. The standard InChI is InChI=1S/C20H23N5O3S/c1-23-19(17-8-5-13-28-17)21-22-20(23)29-14-18(26)25-11-9-24(10-12-25)15-6-3-4-7-16(15)27-2/h3-8,13H,9-12,14H2,1-2H3. The smallest absolute Gasteiger partial charge is 0.233 e. The van der Waals surface area contributed by atoms with Gasteiger partial charge in [0, 0.05) is 33.2 Å². The molecule has 0 aliphatic carbocycles. The largest absolute Gasteiger partial charge is 0.495 e. The van der Waals surface area contributed by atoms with Crippen LogP contribution in [0, 0.1) is 0 Å². The van der Waals surface area contributed by atoms with Gasteiger partial charge in [0.2, 0.25) is 5.91 Å². The third-order valence-electron chi connectivity index (χ3n) is 4.96. The zero-order valence-electron chi connectivity index (χ0n) is 16.4. The molecule has 1 aliphatic rings. The Labute approximate surface area is 173 Å². The van der Waals surface area contributed by atoms with Gasteiger partial charge in [-0.1, -0.05) is 23.9 Å². The van der Waals surface area contributed by atoms with Gasteiger partial charge in [-0.3, -0.25) is 4.79 Å². The number of nitrogens with zero attached hydrogens (tertiary/aromatic N) is 5. The van der Waals surface area contributed by atoms with Crippen molar-refractivity contribution in [2.24, 2.45) is 7.05 Å².